The van der Waals surface area contributed by atoms with Crippen LogP contribution in [0.25, 0.3) is 0 Å². The summed E-state index contributed by atoms with van der Waals surface area (Å²) >= 11 is 0. The second-order valence-electron chi connectivity index (χ2n) is 6.14. The van der Waals surface area contributed by atoms with E-state index in [0.717, 1.165) is 29.5 Å². The van der Waals surface area contributed by atoms with Crippen molar-refractivity contribution in [1.82, 2.24) is 4.72 Å². The van der Waals surface area contributed by atoms with Crippen LogP contribution in [0, 0.1) is 13.8 Å². The van der Waals surface area contributed by atoms with Gasteiger partial charge in [-0.2, -0.15) is 0 Å². The van der Waals surface area contributed by atoms with E-state index in [1.54, 1.807) is 12.1 Å². The Morgan fingerprint density at radius 1 is 1.04 bits per heavy atom. The highest BCUT2D eigenvalue weighted by molar-refractivity contribution is 7.89. The van der Waals surface area contributed by atoms with E-state index in [0.29, 0.717) is 5.75 Å². The largest absolute Gasteiger partial charge is 0.495 e. The molecule has 0 spiro atoms. The van der Waals surface area contributed by atoms with Crippen molar-refractivity contribution in [3.8, 4) is 5.75 Å². The molecule has 0 aliphatic heterocycles. The molecule has 0 atom stereocenters. The summed E-state index contributed by atoms with van der Waals surface area (Å²) in [5.74, 6) is 0.379. The maximum Gasteiger partial charge on any atom is 0.245 e. The normalized spacial score (nSPS) is 16.1. The van der Waals surface area contributed by atoms with Crippen LogP contribution in [0.1, 0.15) is 29.5 Å². The van der Waals surface area contributed by atoms with Gasteiger partial charge in [-0.3, -0.25) is 0 Å². The Hall–Kier alpha value is -1.85. The van der Waals surface area contributed by atoms with E-state index in [2.05, 4.69) is 4.72 Å². The molecular formula is C18H21NO3S. The van der Waals surface area contributed by atoms with Gasteiger partial charge < -0.3 is 4.74 Å². The van der Waals surface area contributed by atoms with E-state index in [1.165, 1.54) is 7.11 Å². The van der Waals surface area contributed by atoms with Crippen molar-refractivity contribution in [3.05, 3.63) is 59.2 Å². The van der Waals surface area contributed by atoms with Gasteiger partial charge in [-0.05, 0) is 55.5 Å². The molecule has 0 bridgehead atoms. The van der Waals surface area contributed by atoms with Gasteiger partial charge >= 0.3 is 0 Å². The Balaban J connectivity index is 1.99. The zero-order valence-corrected chi connectivity index (χ0v) is 14.4. The average molecular weight is 331 g/mol. The zero-order chi connectivity index (χ0) is 16.7. The van der Waals surface area contributed by atoms with Gasteiger partial charge in [-0.25, -0.2) is 13.1 Å². The summed E-state index contributed by atoms with van der Waals surface area (Å²) in [6, 6.07) is 13.2. The molecule has 0 aromatic heterocycles. The second kappa shape index (κ2) is 5.65. The van der Waals surface area contributed by atoms with Crippen LogP contribution in [0.5, 0.6) is 5.75 Å². The van der Waals surface area contributed by atoms with E-state index in [1.807, 2.05) is 44.2 Å². The molecule has 0 saturated heterocycles. The molecule has 0 unspecified atom stereocenters. The third kappa shape index (κ3) is 2.99. The topological polar surface area (TPSA) is 55.4 Å². The van der Waals surface area contributed by atoms with Gasteiger partial charge in [-0.1, -0.05) is 30.3 Å². The first kappa shape index (κ1) is 16.0. The number of benzene rings is 2. The summed E-state index contributed by atoms with van der Waals surface area (Å²) in [5, 5.41) is 0. The Morgan fingerprint density at radius 2 is 1.65 bits per heavy atom. The van der Waals surface area contributed by atoms with E-state index in [-0.39, 0.29) is 4.90 Å². The van der Waals surface area contributed by atoms with Crippen molar-refractivity contribution >= 4 is 10.0 Å². The summed E-state index contributed by atoms with van der Waals surface area (Å²) in [7, 11) is -2.17. The highest BCUT2D eigenvalue weighted by Crippen LogP contribution is 2.47. The number of hydrogen-bond acceptors (Lipinski definition) is 3. The van der Waals surface area contributed by atoms with Crippen molar-refractivity contribution in [2.24, 2.45) is 0 Å². The quantitative estimate of drug-likeness (QED) is 0.915. The van der Waals surface area contributed by atoms with Crippen LogP contribution in [-0.2, 0) is 15.6 Å². The lowest BCUT2D eigenvalue weighted by Gasteiger charge is -2.20. The van der Waals surface area contributed by atoms with Crippen LogP contribution in [0.3, 0.4) is 0 Å². The van der Waals surface area contributed by atoms with Gasteiger partial charge in [0, 0.05) is 0 Å². The lowest BCUT2D eigenvalue weighted by molar-refractivity contribution is 0.401. The minimum Gasteiger partial charge on any atom is -0.495 e. The van der Waals surface area contributed by atoms with Crippen LogP contribution in [-0.4, -0.2) is 15.5 Å². The Kier molecular flexibility index (Phi) is 3.94. The standard InChI is InChI=1S/C18H21NO3S/c1-13-11-16(22-3)17(12-14(13)2)23(20,21)19-18(9-10-18)15-7-5-4-6-8-15/h4-8,11-12,19H,9-10H2,1-3H3. The lowest BCUT2D eigenvalue weighted by atomic mass is 10.1. The van der Waals surface area contributed by atoms with Gasteiger partial charge in [0.2, 0.25) is 10.0 Å². The van der Waals surface area contributed by atoms with Gasteiger partial charge in [0.05, 0.1) is 12.6 Å². The molecule has 23 heavy (non-hydrogen) atoms. The molecular weight excluding hydrogens is 310 g/mol. The molecule has 2 aromatic carbocycles. The number of nitrogens with one attached hydrogen (secondary N) is 1. The fourth-order valence-electron chi connectivity index (χ4n) is 2.78. The molecule has 122 valence electrons. The molecule has 1 aliphatic rings. The average Bonchev–Trinajstić information content (AvgIpc) is 3.30. The summed E-state index contributed by atoms with van der Waals surface area (Å²) in [4.78, 5) is 0.199. The first-order chi connectivity index (χ1) is 10.9. The van der Waals surface area contributed by atoms with Crippen LogP contribution in [0.4, 0.5) is 0 Å². The number of methoxy groups -OCH3 is 1. The van der Waals surface area contributed by atoms with Gasteiger partial charge in [0.25, 0.3) is 0 Å². The van der Waals surface area contributed by atoms with Gasteiger partial charge in [-0.15, -0.1) is 0 Å². The molecule has 0 heterocycles. The van der Waals surface area contributed by atoms with Crippen molar-refractivity contribution < 1.29 is 13.2 Å². The highest BCUT2D eigenvalue weighted by Gasteiger charge is 2.47. The van der Waals surface area contributed by atoms with E-state index in [9.17, 15) is 8.42 Å². The first-order valence-corrected chi connectivity index (χ1v) is 9.11. The summed E-state index contributed by atoms with van der Waals surface area (Å²) in [6.07, 6.45) is 1.62. The Bertz CT molecular complexity index is 825. The molecule has 1 fully saturated rings. The first-order valence-electron chi connectivity index (χ1n) is 7.63. The molecule has 1 saturated carbocycles. The number of aryl methyl sites for hydroxylation is 2. The van der Waals surface area contributed by atoms with Crippen molar-refractivity contribution in [2.45, 2.75) is 37.1 Å². The minimum atomic E-state index is -3.66. The van der Waals surface area contributed by atoms with E-state index < -0.39 is 15.6 Å². The van der Waals surface area contributed by atoms with Crippen LogP contribution >= 0.6 is 0 Å². The summed E-state index contributed by atoms with van der Waals surface area (Å²) in [6.45, 7) is 3.84. The third-order valence-corrected chi connectivity index (χ3v) is 6.03. The molecule has 0 radical (unpaired) electrons. The smallest absolute Gasteiger partial charge is 0.245 e. The molecule has 3 rings (SSSR count). The maximum absolute atomic E-state index is 12.9. The van der Waals surface area contributed by atoms with Gasteiger partial charge in [0.15, 0.2) is 0 Å². The van der Waals surface area contributed by atoms with Crippen LogP contribution in [0.15, 0.2) is 47.4 Å². The molecule has 4 nitrogen and oxygen atoms in total. The van der Waals surface area contributed by atoms with E-state index in [4.69, 9.17) is 4.74 Å². The molecule has 2 aromatic rings. The molecule has 5 heteroatoms. The predicted octanol–water partition coefficient (Wildman–Crippen LogP) is 3.28. The number of rotatable bonds is 5. The zero-order valence-electron chi connectivity index (χ0n) is 13.6. The maximum atomic E-state index is 12.9. The van der Waals surface area contributed by atoms with Crippen molar-refractivity contribution in [3.63, 3.8) is 0 Å². The molecule has 1 aliphatic carbocycles. The fraction of sp³-hybridized carbons (Fsp3) is 0.333. The van der Waals surface area contributed by atoms with Crippen molar-refractivity contribution in [2.75, 3.05) is 7.11 Å². The number of ether oxygens (including phenoxy) is 1. The Labute approximate surface area is 137 Å². The van der Waals surface area contributed by atoms with Crippen LogP contribution in [0.2, 0.25) is 0 Å². The van der Waals surface area contributed by atoms with E-state index >= 15 is 0 Å². The summed E-state index contributed by atoms with van der Waals surface area (Å²) in [5.41, 5.74) is 2.45. The highest BCUT2D eigenvalue weighted by atomic mass is 32.2. The molecule has 1 N–H and O–H groups in total. The van der Waals surface area contributed by atoms with Crippen LogP contribution < -0.4 is 9.46 Å². The lowest BCUT2D eigenvalue weighted by Crippen LogP contribution is -2.35. The fourth-order valence-corrected chi connectivity index (χ4v) is 4.46. The second-order valence-corrected chi connectivity index (χ2v) is 7.79. The Morgan fingerprint density at radius 3 is 2.22 bits per heavy atom. The number of hydrogen-bond donors (Lipinski definition) is 1. The van der Waals surface area contributed by atoms with Crippen molar-refractivity contribution in [1.29, 1.82) is 0 Å². The van der Waals surface area contributed by atoms with Gasteiger partial charge in [0.1, 0.15) is 10.6 Å². The molecule has 0 amide bonds. The monoisotopic (exact) mass is 331 g/mol. The minimum absolute atomic E-state index is 0.199. The third-order valence-electron chi connectivity index (χ3n) is 4.48. The predicted molar refractivity (Wildman–Crippen MR) is 90.1 cm³/mol. The SMILES string of the molecule is COc1cc(C)c(C)cc1S(=O)(=O)NC1(c2ccccc2)CC1. The number of sulfonamides is 1. The summed E-state index contributed by atoms with van der Waals surface area (Å²) < 4.78 is 34.0.